The van der Waals surface area contributed by atoms with Crippen molar-refractivity contribution in [3.05, 3.63) is 59.7 Å². The van der Waals surface area contributed by atoms with Gasteiger partial charge in [-0.2, -0.15) is 0 Å². The maximum atomic E-state index is 12.7. The number of hydrogen-bond donors (Lipinski definition) is 3. The summed E-state index contributed by atoms with van der Waals surface area (Å²) in [5.41, 5.74) is 3.25. The number of halogens is 1. The molecule has 2 amide bonds. The van der Waals surface area contributed by atoms with E-state index < -0.39 is 0 Å². The minimum atomic E-state index is -0.160. The molecule has 1 aliphatic heterocycles. The number of nitrogens with one attached hydrogen (secondary N) is 3. The van der Waals surface area contributed by atoms with E-state index in [-0.39, 0.29) is 35.6 Å². The molecule has 28 heavy (non-hydrogen) atoms. The highest BCUT2D eigenvalue weighted by molar-refractivity contribution is 6.05. The fourth-order valence-corrected chi connectivity index (χ4v) is 4.04. The van der Waals surface area contributed by atoms with E-state index in [1.54, 1.807) is 12.1 Å². The van der Waals surface area contributed by atoms with Gasteiger partial charge in [0.2, 0.25) is 5.91 Å². The van der Waals surface area contributed by atoms with Gasteiger partial charge in [-0.3, -0.25) is 9.59 Å². The first kappa shape index (κ1) is 20.4. The lowest BCUT2D eigenvalue weighted by Crippen LogP contribution is -2.31. The summed E-state index contributed by atoms with van der Waals surface area (Å²) in [6.07, 6.45) is 3.15. The van der Waals surface area contributed by atoms with Gasteiger partial charge in [0.25, 0.3) is 5.91 Å². The van der Waals surface area contributed by atoms with Gasteiger partial charge < -0.3 is 16.0 Å². The maximum Gasteiger partial charge on any atom is 0.255 e. The predicted molar refractivity (Wildman–Crippen MR) is 114 cm³/mol. The Hall–Kier alpha value is -2.37. The molecular formula is C22H26ClN3O2. The third kappa shape index (κ3) is 4.21. The summed E-state index contributed by atoms with van der Waals surface area (Å²) in [6, 6.07) is 14.7. The van der Waals surface area contributed by atoms with Crippen LogP contribution in [0.25, 0.3) is 0 Å². The molecule has 0 bridgehead atoms. The Labute approximate surface area is 171 Å². The number of rotatable bonds is 4. The molecule has 148 valence electrons. The average molecular weight is 400 g/mol. The van der Waals surface area contributed by atoms with Crippen LogP contribution < -0.4 is 16.0 Å². The van der Waals surface area contributed by atoms with Crippen molar-refractivity contribution >= 4 is 35.6 Å². The first-order valence-electron chi connectivity index (χ1n) is 9.56. The monoisotopic (exact) mass is 399 g/mol. The summed E-state index contributed by atoms with van der Waals surface area (Å²) >= 11 is 0. The van der Waals surface area contributed by atoms with E-state index in [2.05, 4.69) is 16.0 Å². The number of piperidine rings is 1. The van der Waals surface area contributed by atoms with Gasteiger partial charge in [-0.05, 0) is 74.5 Å². The van der Waals surface area contributed by atoms with E-state index in [1.165, 1.54) is 0 Å². The lowest BCUT2D eigenvalue weighted by Gasteiger charge is -2.23. The SMILES string of the molecule is Cc1ccc(NC(=O)c2ccccc2)cc1NC(=O)C1CC12CCNCC2.Cl. The molecule has 3 N–H and O–H groups in total. The number of amides is 2. The predicted octanol–water partition coefficient (Wildman–Crippen LogP) is 4.00. The molecule has 6 heteroatoms. The van der Waals surface area contributed by atoms with Crippen molar-refractivity contribution in [3.8, 4) is 0 Å². The molecule has 2 aromatic carbocycles. The lowest BCUT2D eigenvalue weighted by molar-refractivity contribution is -0.118. The van der Waals surface area contributed by atoms with Crippen molar-refractivity contribution in [2.24, 2.45) is 11.3 Å². The third-order valence-electron chi connectivity index (χ3n) is 5.89. The Bertz CT molecular complexity index is 863. The molecule has 1 atom stereocenters. The minimum absolute atomic E-state index is 0. The Balaban J connectivity index is 0.00000225. The molecule has 2 aromatic rings. The van der Waals surface area contributed by atoms with Gasteiger partial charge in [0.15, 0.2) is 0 Å². The van der Waals surface area contributed by atoms with Gasteiger partial charge in [0.05, 0.1) is 0 Å². The Morgan fingerprint density at radius 1 is 1.04 bits per heavy atom. The molecular weight excluding hydrogens is 374 g/mol. The average Bonchev–Trinajstić information content (AvgIpc) is 3.38. The van der Waals surface area contributed by atoms with Gasteiger partial charge in [-0.1, -0.05) is 24.3 Å². The normalized spacial score (nSPS) is 19.4. The van der Waals surface area contributed by atoms with Crippen LogP contribution >= 0.6 is 12.4 Å². The van der Waals surface area contributed by atoms with E-state index in [9.17, 15) is 9.59 Å². The van der Waals surface area contributed by atoms with Crippen molar-refractivity contribution < 1.29 is 9.59 Å². The molecule has 4 rings (SSSR count). The fraction of sp³-hybridized carbons (Fsp3) is 0.364. The van der Waals surface area contributed by atoms with Crippen molar-refractivity contribution in [1.82, 2.24) is 5.32 Å². The Morgan fingerprint density at radius 3 is 2.46 bits per heavy atom. The van der Waals surface area contributed by atoms with Crippen molar-refractivity contribution in [2.45, 2.75) is 26.2 Å². The van der Waals surface area contributed by atoms with Crippen LogP contribution in [0.4, 0.5) is 11.4 Å². The van der Waals surface area contributed by atoms with Crippen LogP contribution in [0, 0.1) is 18.3 Å². The van der Waals surface area contributed by atoms with Gasteiger partial charge in [0, 0.05) is 22.9 Å². The second-order valence-corrected chi connectivity index (χ2v) is 7.71. The van der Waals surface area contributed by atoms with E-state index in [1.807, 2.05) is 43.3 Å². The van der Waals surface area contributed by atoms with Gasteiger partial charge in [-0.25, -0.2) is 0 Å². The summed E-state index contributed by atoms with van der Waals surface area (Å²) < 4.78 is 0. The number of carbonyl (C=O) groups excluding carboxylic acids is 2. The second-order valence-electron chi connectivity index (χ2n) is 7.71. The number of hydrogen-bond acceptors (Lipinski definition) is 3. The topological polar surface area (TPSA) is 70.2 Å². The van der Waals surface area contributed by atoms with Gasteiger partial charge >= 0.3 is 0 Å². The zero-order valence-electron chi connectivity index (χ0n) is 16.0. The van der Waals surface area contributed by atoms with E-state index in [4.69, 9.17) is 0 Å². The number of aryl methyl sites for hydroxylation is 1. The largest absolute Gasteiger partial charge is 0.326 e. The molecule has 1 heterocycles. The van der Waals surface area contributed by atoms with E-state index in [0.717, 1.165) is 43.6 Å². The van der Waals surface area contributed by atoms with Crippen LogP contribution in [0.2, 0.25) is 0 Å². The fourth-order valence-electron chi connectivity index (χ4n) is 4.04. The molecule has 1 saturated heterocycles. The highest BCUT2D eigenvalue weighted by Gasteiger charge is 2.57. The number of carbonyl (C=O) groups is 2. The third-order valence-corrected chi connectivity index (χ3v) is 5.89. The molecule has 1 spiro atoms. The summed E-state index contributed by atoms with van der Waals surface area (Å²) in [6.45, 7) is 3.97. The van der Waals surface area contributed by atoms with Crippen molar-refractivity contribution in [1.29, 1.82) is 0 Å². The van der Waals surface area contributed by atoms with Crippen LogP contribution in [0.3, 0.4) is 0 Å². The molecule has 1 saturated carbocycles. The zero-order chi connectivity index (χ0) is 18.9. The molecule has 1 aliphatic carbocycles. The first-order chi connectivity index (χ1) is 13.1. The Morgan fingerprint density at radius 2 is 1.75 bits per heavy atom. The van der Waals surface area contributed by atoms with Crippen LogP contribution in [0.15, 0.2) is 48.5 Å². The number of benzene rings is 2. The highest BCUT2D eigenvalue weighted by Crippen LogP contribution is 2.58. The van der Waals surface area contributed by atoms with Crippen molar-refractivity contribution in [2.75, 3.05) is 23.7 Å². The number of anilines is 2. The van der Waals surface area contributed by atoms with Crippen LogP contribution in [0.5, 0.6) is 0 Å². The van der Waals surface area contributed by atoms with E-state index in [0.29, 0.717) is 11.3 Å². The van der Waals surface area contributed by atoms with Gasteiger partial charge in [0.1, 0.15) is 0 Å². The maximum absolute atomic E-state index is 12.7. The molecule has 1 unspecified atom stereocenters. The first-order valence-corrected chi connectivity index (χ1v) is 9.56. The highest BCUT2D eigenvalue weighted by atomic mass is 35.5. The molecule has 5 nitrogen and oxygen atoms in total. The molecule has 2 aliphatic rings. The van der Waals surface area contributed by atoms with E-state index >= 15 is 0 Å². The molecule has 0 radical (unpaired) electrons. The van der Waals surface area contributed by atoms with Gasteiger partial charge in [-0.15, -0.1) is 12.4 Å². The molecule has 2 fully saturated rings. The smallest absolute Gasteiger partial charge is 0.255 e. The zero-order valence-corrected chi connectivity index (χ0v) is 16.8. The standard InChI is InChI=1S/C22H25N3O2.ClH/c1-15-7-8-17(24-20(26)16-5-3-2-4-6-16)13-19(15)25-21(27)18-14-22(18)9-11-23-12-10-22;/h2-8,13,18,23H,9-12,14H2,1H3,(H,24,26)(H,25,27);1H. The minimum Gasteiger partial charge on any atom is -0.326 e. The molecule has 0 aromatic heterocycles. The van der Waals surface area contributed by atoms with Crippen LogP contribution in [0.1, 0.15) is 35.2 Å². The second kappa shape index (κ2) is 8.33. The Kier molecular flexibility index (Phi) is 6.06. The van der Waals surface area contributed by atoms with Crippen molar-refractivity contribution in [3.63, 3.8) is 0 Å². The summed E-state index contributed by atoms with van der Waals surface area (Å²) in [5, 5.41) is 9.35. The van der Waals surface area contributed by atoms with Crippen LogP contribution in [-0.2, 0) is 4.79 Å². The summed E-state index contributed by atoms with van der Waals surface area (Å²) in [7, 11) is 0. The lowest BCUT2D eigenvalue weighted by atomic mass is 9.91. The quantitative estimate of drug-likeness (QED) is 0.727. The summed E-state index contributed by atoms with van der Waals surface area (Å²) in [4.78, 5) is 25.1. The van der Waals surface area contributed by atoms with Crippen LogP contribution in [-0.4, -0.2) is 24.9 Å². The summed E-state index contributed by atoms with van der Waals surface area (Å²) in [5.74, 6) is 0.0562.